The van der Waals surface area contributed by atoms with Crippen LogP contribution in [0.2, 0.25) is 0 Å². The van der Waals surface area contributed by atoms with E-state index in [1.165, 1.54) is 25.3 Å². The van der Waals surface area contributed by atoms with Crippen molar-refractivity contribution >= 4 is 18.0 Å². The minimum absolute atomic E-state index is 0.0784. The molecular weight excluding hydrogens is 444 g/mol. The lowest BCUT2D eigenvalue weighted by atomic mass is 10.1. The average Bonchev–Trinajstić information content (AvgIpc) is 2.90. The highest BCUT2D eigenvalue weighted by Crippen LogP contribution is 2.29. The number of hydrogen-bond donors (Lipinski definition) is 1. The molecule has 35 heavy (non-hydrogen) atoms. The van der Waals surface area contributed by atoms with Crippen LogP contribution in [0.3, 0.4) is 0 Å². The summed E-state index contributed by atoms with van der Waals surface area (Å²) in [6, 6.07) is 23.9. The standard InChI is InChI=1S/C28H24N2O5/c1-3-15-30-28(32)23(18-29)16-20-9-14-25(26(17-20)33-2)35-27(31)19-34-24-12-10-22(11-13-24)21-7-5-4-6-8-21/h3-14,16-17H,1,15,19H2,2H3,(H,30,32). The molecule has 1 N–H and O–H groups in total. The second kappa shape index (κ2) is 12.4. The molecule has 0 saturated carbocycles. The van der Waals surface area contributed by atoms with Gasteiger partial charge in [0, 0.05) is 6.54 Å². The third kappa shape index (κ3) is 7.07. The van der Waals surface area contributed by atoms with Crippen molar-refractivity contribution in [3.63, 3.8) is 0 Å². The van der Waals surface area contributed by atoms with E-state index in [2.05, 4.69) is 11.9 Å². The Morgan fingerprint density at radius 2 is 1.71 bits per heavy atom. The Morgan fingerprint density at radius 3 is 2.37 bits per heavy atom. The molecule has 0 unspecified atom stereocenters. The molecular formula is C28H24N2O5. The van der Waals surface area contributed by atoms with Gasteiger partial charge in [-0.25, -0.2) is 4.79 Å². The lowest BCUT2D eigenvalue weighted by molar-refractivity contribution is -0.136. The number of carbonyl (C=O) groups excluding carboxylic acids is 2. The van der Waals surface area contributed by atoms with Gasteiger partial charge in [-0.1, -0.05) is 54.6 Å². The number of nitriles is 1. The number of ether oxygens (including phenoxy) is 3. The van der Waals surface area contributed by atoms with Crippen LogP contribution in [0, 0.1) is 11.3 Å². The van der Waals surface area contributed by atoms with Crippen molar-refractivity contribution in [1.29, 1.82) is 5.26 Å². The molecule has 0 bridgehead atoms. The lowest BCUT2D eigenvalue weighted by Crippen LogP contribution is -2.24. The lowest BCUT2D eigenvalue weighted by Gasteiger charge is -2.11. The number of methoxy groups -OCH3 is 1. The third-order valence-corrected chi connectivity index (χ3v) is 4.81. The van der Waals surface area contributed by atoms with Gasteiger partial charge < -0.3 is 19.5 Å². The Bertz CT molecular complexity index is 1260. The Kier molecular flexibility index (Phi) is 8.80. The van der Waals surface area contributed by atoms with E-state index in [1.807, 2.05) is 48.5 Å². The molecule has 0 spiro atoms. The van der Waals surface area contributed by atoms with E-state index in [0.29, 0.717) is 11.3 Å². The molecule has 3 aromatic rings. The number of carbonyl (C=O) groups is 2. The molecule has 1 amide bonds. The fourth-order valence-electron chi connectivity index (χ4n) is 3.10. The van der Waals surface area contributed by atoms with Crippen molar-refractivity contribution in [2.75, 3.05) is 20.3 Å². The number of esters is 1. The van der Waals surface area contributed by atoms with Gasteiger partial charge in [0.1, 0.15) is 17.4 Å². The van der Waals surface area contributed by atoms with Gasteiger partial charge in [0.2, 0.25) is 0 Å². The van der Waals surface area contributed by atoms with Crippen LogP contribution in [0.25, 0.3) is 17.2 Å². The first-order chi connectivity index (χ1) is 17.0. The topological polar surface area (TPSA) is 97.7 Å². The number of hydrogen-bond acceptors (Lipinski definition) is 6. The van der Waals surface area contributed by atoms with E-state index in [0.717, 1.165) is 11.1 Å². The van der Waals surface area contributed by atoms with Crippen molar-refractivity contribution in [2.45, 2.75) is 0 Å². The molecule has 0 atom stereocenters. The zero-order chi connectivity index (χ0) is 25.0. The molecule has 0 fully saturated rings. The van der Waals surface area contributed by atoms with Crippen LogP contribution in [-0.2, 0) is 9.59 Å². The van der Waals surface area contributed by atoms with Gasteiger partial charge in [0.25, 0.3) is 5.91 Å². The predicted molar refractivity (Wildman–Crippen MR) is 133 cm³/mol. The normalized spacial score (nSPS) is 10.6. The van der Waals surface area contributed by atoms with Gasteiger partial charge in [-0.15, -0.1) is 6.58 Å². The highest BCUT2D eigenvalue weighted by molar-refractivity contribution is 6.01. The summed E-state index contributed by atoms with van der Waals surface area (Å²) < 4.78 is 16.2. The van der Waals surface area contributed by atoms with Crippen LogP contribution in [0.1, 0.15) is 5.56 Å². The van der Waals surface area contributed by atoms with Crippen LogP contribution in [0.4, 0.5) is 0 Å². The van der Waals surface area contributed by atoms with Crippen molar-refractivity contribution < 1.29 is 23.8 Å². The monoisotopic (exact) mass is 468 g/mol. The Balaban J connectivity index is 1.62. The van der Waals surface area contributed by atoms with Crippen LogP contribution in [-0.4, -0.2) is 32.1 Å². The summed E-state index contributed by atoms with van der Waals surface area (Å²) in [5.74, 6) is -0.140. The van der Waals surface area contributed by atoms with Gasteiger partial charge in [-0.05, 0) is 47.0 Å². The van der Waals surface area contributed by atoms with Crippen molar-refractivity contribution in [3.05, 3.63) is 96.6 Å². The highest BCUT2D eigenvalue weighted by atomic mass is 16.6. The summed E-state index contributed by atoms with van der Waals surface area (Å²) in [6.07, 6.45) is 2.93. The van der Waals surface area contributed by atoms with Crippen LogP contribution in [0.15, 0.2) is 91.0 Å². The fourth-order valence-corrected chi connectivity index (χ4v) is 3.10. The molecule has 0 saturated heterocycles. The van der Waals surface area contributed by atoms with Gasteiger partial charge in [-0.3, -0.25) is 4.79 Å². The summed E-state index contributed by atoms with van der Waals surface area (Å²) in [4.78, 5) is 24.3. The summed E-state index contributed by atoms with van der Waals surface area (Å²) in [5, 5.41) is 11.8. The first-order valence-corrected chi connectivity index (χ1v) is 10.7. The summed E-state index contributed by atoms with van der Waals surface area (Å²) in [5.41, 5.74) is 2.58. The molecule has 0 aliphatic rings. The van der Waals surface area contributed by atoms with Crippen molar-refractivity contribution in [2.24, 2.45) is 0 Å². The van der Waals surface area contributed by atoms with E-state index in [1.54, 1.807) is 24.3 Å². The van der Waals surface area contributed by atoms with Crippen LogP contribution >= 0.6 is 0 Å². The zero-order valence-corrected chi connectivity index (χ0v) is 19.2. The molecule has 7 nitrogen and oxygen atoms in total. The quantitative estimate of drug-likeness (QED) is 0.154. The van der Waals surface area contributed by atoms with Crippen molar-refractivity contribution in [3.8, 4) is 34.4 Å². The summed E-state index contributed by atoms with van der Waals surface area (Å²) in [6.45, 7) is 3.47. The molecule has 0 heterocycles. The molecule has 0 aliphatic heterocycles. The van der Waals surface area contributed by atoms with E-state index in [9.17, 15) is 14.9 Å². The fraction of sp³-hybridized carbons (Fsp3) is 0.107. The average molecular weight is 469 g/mol. The van der Waals surface area contributed by atoms with Crippen LogP contribution in [0.5, 0.6) is 17.2 Å². The second-order valence-corrected chi connectivity index (χ2v) is 7.23. The Morgan fingerprint density at radius 1 is 1.00 bits per heavy atom. The molecule has 0 aliphatic carbocycles. The predicted octanol–water partition coefficient (Wildman–Crippen LogP) is 4.56. The molecule has 176 valence electrons. The SMILES string of the molecule is C=CCNC(=O)C(C#N)=Cc1ccc(OC(=O)COc2ccc(-c3ccccc3)cc2)c(OC)c1. The zero-order valence-electron chi connectivity index (χ0n) is 19.2. The van der Waals surface area contributed by atoms with E-state index >= 15 is 0 Å². The first-order valence-electron chi connectivity index (χ1n) is 10.7. The van der Waals surface area contributed by atoms with Crippen molar-refractivity contribution in [1.82, 2.24) is 5.32 Å². The Hall–Kier alpha value is -4.83. The first kappa shape index (κ1) is 24.8. The number of amides is 1. The smallest absolute Gasteiger partial charge is 0.349 e. The molecule has 7 heteroatoms. The van der Waals surface area contributed by atoms with Gasteiger partial charge >= 0.3 is 5.97 Å². The minimum Gasteiger partial charge on any atom is -0.493 e. The molecule has 0 aromatic heterocycles. The van der Waals surface area contributed by atoms with E-state index in [-0.39, 0.29) is 30.2 Å². The van der Waals surface area contributed by atoms with Gasteiger partial charge in [-0.2, -0.15) is 5.26 Å². The van der Waals surface area contributed by atoms with E-state index in [4.69, 9.17) is 14.2 Å². The van der Waals surface area contributed by atoms with Gasteiger partial charge in [0.15, 0.2) is 18.1 Å². The number of nitrogens with one attached hydrogen (secondary N) is 1. The maximum Gasteiger partial charge on any atom is 0.349 e. The number of rotatable bonds is 10. The van der Waals surface area contributed by atoms with E-state index < -0.39 is 11.9 Å². The maximum atomic E-state index is 12.3. The Labute approximate surface area is 203 Å². The van der Waals surface area contributed by atoms with Crippen LogP contribution < -0.4 is 19.5 Å². The highest BCUT2D eigenvalue weighted by Gasteiger charge is 2.13. The largest absolute Gasteiger partial charge is 0.493 e. The summed E-state index contributed by atoms with van der Waals surface area (Å²) in [7, 11) is 1.42. The maximum absolute atomic E-state index is 12.3. The molecule has 3 rings (SSSR count). The third-order valence-electron chi connectivity index (χ3n) is 4.81. The molecule has 3 aromatic carbocycles. The second-order valence-electron chi connectivity index (χ2n) is 7.23. The molecule has 0 radical (unpaired) electrons. The van der Waals surface area contributed by atoms with Gasteiger partial charge in [0.05, 0.1) is 7.11 Å². The minimum atomic E-state index is -0.611. The summed E-state index contributed by atoms with van der Waals surface area (Å²) >= 11 is 0. The number of nitrogens with zero attached hydrogens (tertiary/aromatic N) is 1. The number of benzene rings is 3.